The summed E-state index contributed by atoms with van der Waals surface area (Å²) in [6.45, 7) is 11.6. The maximum atomic E-state index is 11.9. The second kappa shape index (κ2) is 6.18. The van der Waals surface area contributed by atoms with Crippen molar-refractivity contribution in [1.82, 2.24) is 0 Å². The molecular weight excluding hydrogens is 300 g/mol. The van der Waals surface area contributed by atoms with Gasteiger partial charge in [-0.15, -0.1) is 0 Å². The van der Waals surface area contributed by atoms with Crippen molar-refractivity contribution in [2.24, 2.45) is 22.7 Å². The number of cyclic esters (lactones) is 1. The Labute approximate surface area is 145 Å². The first kappa shape index (κ1) is 17.5. The highest BCUT2D eigenvalue weighted by atomic mass is 16.7. The summed E-state index contributed by atoms with van der Waals surface area (Å²) in [6.07, 6.45) is 11.5. The maximum Gasteiger partial charge on any atom is 0.340 e. The largest absolute Gasteiger partial charge is 0.428 e. The number of allylic oxidation sites excluding steroid dienone is 2. The minimum atomic E-state index is -0.552. The Morgan fingerprint density at radius 3 is 2.75 bits per heavy atom. The lowest BCUT2D eigenvalue weighted by molar-refractivity contribution is -0.154. The van der Waals surface area contributed by atoms with Crippen LogP contribution >= 0.6 is 0 Å². The Bertz CT molecular complexity index is 598. The molecule has 0 unspecified atom stereocenters. The molecule has 3 aliphatic rings. The van der Waals surface area contributed by atoms with Gasteiger partial charge in [0.2, 0.25) is 6.29 Å². The molecule has 0 N–H and O–H groups in total. The van der Waals surface area contributed by atoms with E-state index in [2.05, 4.69) is 33.4 Å². The van der Waals surface area contributed by atoms with Gasteiger partial charge in [-0.2, -0.15) is 0 Å². The molecule has 2 aliphatic carbocycles. The molecule has 0 amide bonds. The van der Waals surface area contributed by atoms with Crippen LogP contribution in [0.4, 0.5) is 0 Å². The molecule has 3 heteroatoms. The Kier molecular flexibility index (Phi) is 4.50. The predicted octanol–water partition coefficient (Wildman–Crippen LogP) is 4.80. The molecule has 3 nitrogen and oxygen atoms in total. The van der Waals surface area contributed by atoms with Crippen molar-refractivity contribution < 1.29 is 14.3 Å². The highest BCUT2D eigenvalue weighted by Gasteiger charge is 2.52. The Morgan fingerprint density at radius 2 is 2.08 bits per heavy atom. The van der Waals surface area contributed by atoms with Crippen LogP contribution in [0, 0.1) is 22.7 Å². The summed E-state index contributed by atoms with van der Waals surface area (Å²) in [6, 6.07) is 0. The van der Waals surface area contributed by atoms with Crippen molar-refractivity contribution in [2.45, 2.75) is 59.2 Å². The second-order valence-corrected chi connectivity index (χ2v) is 8.57. The first-order valence-corrected chi connectivity index (χ1v) is 9.09. The van der Waals surface area contributed by atoms with Crippen LogP contribution in [-0.4, -0.2) is 19.4 Å². The van der Waals surface area contributed by atoms with Crippen molar-refractivity contribution in [3.8, 4) is 0 Å². The number of carbonyl (C=O) groups is 1. The van der Waals surface area contributed by atoms with Crippen LogP contribution in [0.2, 0.25) is 0 Å². The van der Waals surface area contributed by atoms with Gasteiger partial charge in [-0.25, -0.2) is 4.79 Å². The van der Waals surface area contributed by atoms with Crippen LogP contribution in [0.25, 0.3) is 0 Å². The van der Waals surface area contributed by atoms with E-state index in [1.807, 2.05) is 6.08 Å². The number of ether oxygens (including phenoxy) is 2. The zero-order chi connectivity index (χ0) is 17.5. The number of methoxy groups -OCH3 is 1. The zero-order valence-electron chi connectivity index (χ0n) is 15.4. The Balaban J connectivity index is 1.87. The average Bonchev–Trinajstić information content (AvgIpc) is 2.86. The normalized spacial score (nSPS) is 38.8. The molecule has 0 spiro atoms. The van der Waals surface area contributed by atoms with Gasteiger partial charge in [0.25, 0.3) is 0 Å². The van der Waals surface area contributed by atoms with Gasteiger partial charge in [-0.3, -0.25) is 0 Å². The van der Waals surface area contributed by atoms with Crippen molar-refractivity contribution in [1.29, 1.82) is 0 Å². The molecule has 3 rings (SSSR count). The minimum absolute atomic E-state index is 0.233. The molecule has 2 saturated carbocycles. The van der Waals surface area contributed by atoms with Crippen LogP contribution in [0.1, 0.15) is 52.9 Å². The summed E-state index contributed by atoms with van der Waals surface area (Å²) in [7, 11) is 1.54. The molecule has 0 aromatic carbocycles. The average molecular weight is 330 g/mol. The van der Waals surface area contributed by atoms with Gasteiger partial charge in [0.1, 0.15) is 0 Å². The molecule has 4 atom stereocenters. The van der Waals surface area contributed by atoms with Gasteiger partial charge in [0.05, 0.1) is 5.57 Å². The SMILES string of the molecule is C=C1CC[C@H]2C(C)(C)CCC[C@]2(C)[C@H]1/C=C/C1=C[C@H](OC)OC1=O. The third-order valence-corrected chi connectivity index (χ3v) is 6.66. The predicted molar refractivity (Wildman–Crippen MR) is 95.2 cm³/mol. The fraction of sp³-hybridized carbons (Fsp3) is 0.667. The second-order valence-electron chi connectivity index (χ2n) is 8.57. The summed E-state index contributed by atoms with van der Waals surface area (Å²) in [4.78, 5) is 11.9. The van der Waals surface area contributed by atoms with Crippen molar-refractivity contribution in [2.75, 3.05) is 7.11 Å². The minimum Gasteiger partial charge on any atom is -0.428 e. The lowest BCUT2D eigenvalue weighted by Crippen LogP contribution is -2.48. The molecule has 2 fully saturated rings. The molecule has 0 aromatic rings. The lowest BCUT2D eigenvalue weighted by atomic mass is 9.47. The van der Waals surface area contributed by atoms with Gasteiger partial charge in [0.15, 0.2) is 0 Å². The van der Waals surface area contributed by atoms with E-state index in [1.165, 1.54) is 31.3 Å². The number of carbonyl (C=O) groups excluding carboxylic acids is 1. The van der Waals surface area contributed by atoms with Gasteiger partial charge in [-0.1, -0.05) is 51.5 Å². The summed E-state index contributed by atoms with van der Waals surface area (Å²) in [5, 5.41) is 0. The van der Waals surface area contributed by atoms with Crippen LogP contribution in [0.15, 0.2) is 36.0 Å². The molecule has 0 aromatic heterocycles. The van der Waals surface area contributed by atoms with Gasteiger partial charge in [-0.05, 0) is 48.5 Å². The number of hydrogen-bond donors (Lipinski definition) is 0. The Morgan fingerprint density at radius 1 is 1.33 bits per heavy atom. The van der Waals surface area contributed by atoms with Gasteiger partial charge >= 0.3 is 5.97 Å². The highest BCUT2D eigenvalue weighted by molar-refractivity contribution is 5.93. The topological polar surface area (TPSA) is 35.5 Å². The monoisotopic (exact) mass is 330 g/mol. The molecule has 1 heterocycles. The van der Waals surface area contributed by atoms with Crippen LogP contribution in [-0.2, 0) is 14.3 Å². The first-order valence-electron chi connectivity index (χ1n) is 9.09. The first-order chi connectivity index (χ1) is 11.3. The van der Waals surface area contributed by atoms with Crippen molar-refractivity contribution in [3.05, 3.63) is 36.0 Å². The summed E-state index contributed by atoms with van der Waals surface area (Å²) < 4.78 is 10.2. The van der Waals surface area contributed by atoms with E-state index in [0.29, 0.717) is 22.8 Å². The van der Waals surface area contributed by atoms with Crippen LogP contribution in [0.3, 0.4) is 0 Å². The van der Waals surface area contributed by atoms with E-state index in [9.17, 15) is 4.79 Å². The van der Waals surface area contributed by atoms with E-state index in [1.54, 1.807) is 13.2 Å². The van der Waals surface area contributed by atoms with Gasteiger partial charge in [0, 0.05) is 13.0 Å². The quantitative estimate of drug-likeness (QED) is 0.551. The summed E-state index contributed by atoms with van der Waals surface area (Å²) in [5.41, 5.74) is 2.51. The number of esters is 1. The standard InChI is InChI=1S/C21H30O3/c1-14-7-10-17-20(2,3)11-6-12-21(17,4)16(14)9-8-15-13-18(23-5)24-19(15)22/h8-9,13,16-18H,1,6-7,10-12H2,2-5H3/b9-8+/t16-,17-,18+,21+/m0/s1. The molecule has 24 heavy (non-hydrogen) atoms. The highest BCUT2D eigenvalue weighted by Crippen LogP contribution is 2.61. The fourth-order valence-electron chi connectivity index (χ4n) is 5.43. The van der Waals surface area contributed by atoms with Crippen molar-refractivity contribution >= 4 is 5.97 Å². The van der Waals surface area contributed by atoms with E-state index in [4.69, 9.17) is 9.47 Å². The van der Waals surface area contributed by atoms with E-state index < -0.39 is 6.29 Å². The molecule has 0 saturated heterocycles. The number of rotatable bonds is 3. The number of hydrogen-bond acceptors (Lipinski definition) is 3. The molecular formula is C21H30O3. The Hall–Kier alpha value is -1.35. The third kappa shape index (κ3) is 2.88. The molecule has 1 aliphatic heterocycles. The number of fused-ring (bicyclic) bond motifs is 1. The van der Waals surface area contributed by atoms with Crippen molar-refractivity contribution in [3.63, 3.8) is 0 Å². The summed E-state index contributed by atoms with van der Waals surface area (Å²) >= 11 is 0. The molecule has 0 radical (unpaired) electrons. The third-order valence-electron chi connectivity index (χ3n) is 6.66. The van der Waals surface area contributed by atoms with E-state index >= 15 is 0 Å². The smallest absolute Gasteiger partial charge is 0.340 e. The summed E-state index contributed by atoms with van der Waals surface area (Å²) in [5.74, 6) is 0.728. The molecule has 0 bridgehead atoms. The van der Waals surface area contributed by atoms with Crippen LogP contribution < -0.4 is 0 Å². The maximum absolute atomic E-state index is 11.9. The van der Waals surface area contributed by atoms with E-state index in [-0.39, 0.29) is 11.4 Å². The fourth-order valence-corrected chi connectivity index (χ4v) is 5.43. The lowest BCUT2D eigenvalue weighted by Gasteiger charge is -2.57. The zero-order valence-corrected chi connectivity index (χ0v) is 15.4. The van der Waals surface area contributed by atoms with E-state index in [0.717, 1.165) is 6.42 Å². The molecule has 132 valence electrons. The van der Waals surface area contributed by atoms with Gasteiger partial charge < -0.3 is 9.47 Å². The van der Waals surface area contributed by atoms with Crippen LogP contribution in [0.5, 0.6) is 0 Å².